The Bertz CT molecular complexity index is 1490. The number of benzene rings is 3. The minimum atomic E-state index is -1.21. The highest BCUT2D eigenvalue weighted by molar-refractivity contribution is 5.94. The highest BCUT2D eigenvalue weighted by atomic mass is 16.4. The maximum Gasteiger partial charge on any atom is 0.322 e. The first-order valence-corrected chi connectivity index (χ1v) is 13.3. The quantitative estimate of drug-likeness (QED) is 0.147. The van der Waals surface area contributed by atoms with E-state index in [-0.39, 0.29) is 19.3 Å². The molecule has 0 radical (unpaired) electrons. The highest BCUT2D eigenvalue weighted by Gasteiger charge is 2.29. The molecule has 0 aliphatic carbocycles. The molecule has 0 fully saturated rings. The molecule has 3 amide bonds. The summed E-state index contributed by atoms with van der Waals surface area (Å²) in [5, 5.41) is 17.8. The Kier molecular flexibility index (Phi) is 9.85. The van der Waals surface area contributed by atoms with Gasteiger partial charge in [-0.1, -0.05) is 78.9 Å². The number of aromatic nitrogens is 1. The minimum absolute atomic E-state index is 0.0979. The number of H-pyrrole nitrogens is 1. The first-order chi connectivity index (χ1) is 19.8. The van der Waals surface area contributed by atoms with Crippen molar-refractivity contribution in [1.29, 1.82) is 0 Å². The summed E-state index contributed by atoms with van der Waals surface area (Å²) in [6, 6.07) is 23.0. The number of aliphatic carboxylic acids is 1. The van der Waals surface area contributed by atoms with Gasteiger partial charge < -0.3 is 31.8 Å². The van der Waals surface area contributed by atoms with E-state index in [1.165, 1.54) is 0 Å². The number of carboxylic acids is 1. The lowest BCUT2D eigenvalue weighted by molar-refractivity contribution is -0.138. The van der Waals surface area contributed by atoms with Gasteiger partial charge in [0, 0.05) is 29.9 Å². The standard InChI is InChI=1S/C31H33N5O5/c32-24(15-20-9-3-1-4-10-20)29(39)35-26(16-21-11-5-2-6-12-21)31(41)36-27(30(40)34-19-28(37)38)17-22-18-33-25-14-8-7-13-23(22)25/h1-14,18,24,26-27,33H,15-17,19,32H2,(H,34,40)(H,35,39)(H,36,41)(H,37,38). The zero-order chi connectivity index (χ0) is 29.2. The van der Waals surface area contributed by atoms with Crippen molar-refractivity contribution in [2.45, 2.75) is 37.4 Å². The number of nitrogens with one attached hydrogen (secondary N) is 4. The van der Waals surface area contributed by atoms with Gasteiger partial charge in [0.1, 0.15) is 18.6 Å². The number of hydrogen-bond donors (Lipinski definition) is 6. The molecule has 0 saturated heterocycles. The Morgan fingerprint density at radius 3 is 1.93 bits per heavy atom. The average Bonchev–Trinajstić information content (AvgIpc) is 3.38. The van der Waals surface area contributed by atoms with Crippen molar-refractivity contribution < 1.29 is 24.3 Å². The van der Waals surface area contributed by atoms with Crippen molar-refractivity contribution in [3.8, 4) is 0 Å². The van der Waals surface area contributed by atoms with Gasteiger partial charge in [0.25, 0.3) is 0 Å². The first kappa shape index (κ1) is 29.0. The van der Waals surface area contributed by atoms with Crippen molar-refractivity contribution >= 4 is 34.6 Å². The van der Waals surface area contributed by atoms with Crippen LogP contribution < -0.4 is 21.7 Å². The molecule has 3 aromatic carbocycles. The van der Waals surface area contributed by atoms with E-state index in [9.17, 15) is 19.2 Å². The number of aromatic amines is 1. The second-order valence-corrected chi connectivity index (χ2v) is 9.78. The van der Waals surface area contributed by atoms with E-state index in [0.29, 0.717) is 0 Å². The van der Waals surface area contributed by atoms with E-state index in [2.05, 4.69) is 20.9 Å². The van der Waals surface area contributed by atoms with Crippen LogP contribution in [0.2, 0.25) is 0 Å². The summed E-state index contributed by atoms with van der Waals surface area (Å²) in [7, 11) is 0. The normalized spacial score (nSPS) is 13.1. The number of rotatable bonds is 13. The van der Waals surface area contributed by atoms with E-state index in [1.54, 1.807) is 6.20 Å². The third-order valence-electron chi connectivity index (χ3n) is 6.70. The minimum Gasteiger partial charge on any atom is -0.480 e. The fourth-order valence-electron chi connectivity index (χ4n) is 4.59. The first-order valence-electron chi connectivity index (χ1n) is 13.3. The van der Waals surface area contributed by atoms with Crippen LogP contribution in [0.5, 0.6) is 0 Å². The SMILES string of the molecule is NC(Cc1ccccc1)C(=O)NC(Cc1ccccc1)C(=O)NC(Cc1c[nH]c2ccccc12)C(=O)NCC(=O)O. The molecule has 10 heteroatoms. The molecule has 0 spiro atoms. The molecule has 41 heavy (non-hydrogen) atoms. The van der Waals surface area contributed by atoms with Crippen LogP contribution in [0.15, 0.2) is 91.1 Å². The van der Waals surface area contributed by atoms with E-state index < -0.39 is 48.4 Å². The lowest BCUT2D eigenvalue weighted by atomic mass is 10.0. The Labute approximate surface area is 237 Å². The van der Waals surface area contributed by atoms with Gasteiger partial charge in [-0.25, -0.2) is 0 Å². The van der Waals surface area contributed by atoms with Crippen LogP contribution in [-0.4, -0.2) is 58.5 Å². The fourth-order valence-corrected chi connectivity index (χ4v) is 4.59. The molecule has 0 saturated carbocycles. The van der Waals surface area contributed by atoms with E-state index in [4.69, 9.17) is 10.8 Å². The van der Waals surface area contributed by atoms with Crippen molar-refractivity contribution in [2.24, 2.45) is 5.73 Å². The lowest BCUT2D eigenvalue weighted by Gasteiger charge is -2.24. The topological polar surface area (TPSA) is 166 Å². The summed E-state index contributed by atoms with van der Waals surface area (Å²) in [5.74, 6) is -2.97. The maximum atomic E-state index is 13.6. The number of fused-ring (bicyclic) bond motifs is 1. The van der Waals surface area contributed by atoms with Gasteiger partial charge in [-0.05, 0) is 29.2 Å². The molecular formula is C31H33N5O5. The molecule has 0 aliphatic rings. The molecule has 7 N–H and O–H groups in total. The molecule has 0 aliphatic heterocycles. The maximum absolute atomic E-state index is 13.6. The molecule has 1 heterocycles. The van der Waals surface area contributed by atoms with Crippen LogP contribution in [-0.2, 0) is 38.4 Å². The second-order valence-electron chi connectivity index (χ2n) is 9.78. The van der Waals surface area contributed by atoms with Crippen LogP contribution in [0.4, 0.5) is 0 Å². The summed E-state index contributed by atoms with van der Waals surface area (Å²) in [4.78, 5) is 54.0. The number of para-hydroxylation sites is 1. The van der Waals surface area contributed by atoms with Gasteiger partial charge in [-0.3, -0.25) is 19.2 Å². The number of hydrogen-bond acceptors (Lipinski definition) is 5. The van der Waals surface area contributed by atoms with E-state index in [1.807, 2.05) is 84.9 Å². The summed E-state index contributed by atoms with van der Waals surface area (Å²) >= 11 is 0. The fraction of sp³-hybridized carbons (Fsp3) is 0.226. The summed E-state index contributed by atoms with van der Waals surface area (Å²) < 4.78 is 0. The van der Waals surface area contributed by atoms with Crippen molar-refractivity contribution in [2.75, 3.05) is 6.54 Å². The van der Waals surface area contributed by atoms with Gasteiger partial charge in [-0.2, -0.15) is 0 Å². The summed E-state index contributed by atoms with van der Waals surface area (Å²) in [6.45, 7) is -0.600. The van der Waals surface area contributed by atoms with Gasteiger partial charge in [0.15, 0.2) is 0 Å². The Hall–Kier alpha value is -4.96. The number of carboxylic acid groups (broad SMARTS) is 1. The van der Waals surface area contributed by atoms with Crippen LogP contribution in [0.1, 0.15) is 16.7 Å². The van der Waals surface area contributed by atoms with Crippen molar-refractivity contribution in [1.82, 2.24) is 20.9 Å². The molecule has 1 aromatic heterocycles. The molecular weight excluding hydrogens is 522 g/mol. The predicted octanol–water partition coefficient (Wildman–Crippen LogP) is 1.69. The van der Waals surface area contributed by atoms with Gasteiger partial charge in [0.05, 0.1) is 6.04 Å². The van der Waals surface area contributed by atoms with Crippen LogP contribution >= 0.6 is 0 Å². The second kappa shape index (κ2) is 13.9. The van der Waals surface area contributed by atoms with Gasteiger partial charge in [-0.15, -0.1) is 0 Å². The zero-order valence-corrected chi connectivity index (χ0v) is 22.4. The number of carbonyl (C=O) groups is 4. The molecule has 212 valence electrons. The molecule has 4 aromatic rings. The molecule has 3 atom stereocenters. The van der Waals surface area contributed by atoms with E-state index in [0.717, 1.165) is 27.6 Å². The van der Waals surface area contributed by atoms with Crippen LogP contribution in [0.25, 0.3) is 10.9 Å². The molecule has 3 unspecified atom stereocenters. The monoisotopic (exact) mass is 555 g/mol. The summed E-state index contributed by atoms with van der Waals surface area (Å²) in [6.07, 6.45) is 2.29. The van der Waals surface area contributed by atoms with Gasteiger partial charge >= 0.3 is 5.97 Å². The average molecular weight is 556 g/mol. The Morgan fingerprint density at radius 2 is 1.27 bits per heavy atom. The van der Waals surface area contributed by atoms with Crippen LogP contribution in [0, 0.1) is 0 Å². The third-order valence-corrected chi connectivity index (χ3v) is 6.70. The number of amides is 3. The number of carbonyl (C=O) groups excluding carboxylic acids is 3. The Morgan fingerprint density at radius 1 is 0.707 bits per heavy atom. The zero-order valence-electron chi connectivity index (χ0n) is 22.4. The van der Waals surface area contributed by atoms with Crippen molar-refractivity contribution in [3.05, 3.63) is 108 Å². The molecule has 10 nitrogen and oxygen atoms in total. The molecule has 0 bridgehead atoms. The number of nitrogens with two attached hydrogens (primary N) is 1. The summed E-state index contributed by atoms with van der Waals surface area (Å²) in [5.41, 5.74) is 9.50. The predicted molar refractivity (Wildman–Crippen MR) is 155 cm³/mol. The molecule has 4 rings (SSSR count). The Balaban J connectivity index is 1.54. The van der Waals surface area contributed by atoms with Crippen LogP contribution in [0.3, 0.4) is 0 Å². The third kappa shape index (κ3) is 8.26. The van der Waals surface area contributed by atoms with Gasteiger partial charge in [0.2, 0.25) is 17.7 Å². The smallest absolute Gasteiger partial charge is 0.322 e. The largest absolute Gasteiger partial charge is 0.480 e. The van der Waals surface area contributed by atoms with Crippen molar-refractivity contribution in [3.63, 3.8) is 0 Å². The highest BCUT2D eigenvalue weighted by Crippen LogP contribution is 2.19. The van der Waals surface area contributed by atoms with E-state index >= 15 is 0 Å². The lowest BCUT2D eigenvalue weighted by Crippen LogP contribution is -2.57.